The molecule has 7 nitrogen and oxygen atoms in total. The Balaban J connectivity index is 1.96. The molecule has 0 aromatic heterocycles. The van der Waals surface area contributed by atoms with Crippen molar-refractivity contribution in [3.05, 3.63) is 24.3 Å². The summed E-state index contributed by atoms with van der Waals surface area (Å²) in [4.78, 5) is 12.6. The second-order valence-corrected chi connectivity index (χ2v) is 8.19. The Kier molecular flexibility index (Phi) is 5.61. The summed E-state index contributed by atoms with van der Waals surface area (Å²) < 4.78 is 38.6. The Morgan fingerprint density at radius 3 is 2.92 bits per heavy atom. The molecule has 138 valence electrons. The van der Waals surface area contributed by atoms with Crippen LogP contribution in [0.15, 0.2) is 29.2 Å². The maximum atomic E-state index is 13.3. The van der Waals surface area contributed by atoms with E-state index in [4.69, 9.17) is 9.47 Å². The number of hydrogen-bond acceptors (Lipinski definition) is 5. The summed E-state index contributed by atoms with van der Waals surface area (Å²) in [6, 6.07) is 6.09. The van der Waals surface area contributed by atoms with Gasteiger partial charge in [-0.05, 0) is 25.0 Å². The lowest BCUT2D eigenvalue weighted by atomic mass is 10.0. The Labute approximate surface area is 148 Å². The number of rotatable bonds is 3. The first-order valence-corrected chi connectivity index (χ1v) is 9.99. The number of fused-ring (bicyclic) bond motifs is 1. The molecule has 1 saturated carbocycles. The summed E-state index contributed by atoms with van der Waals surface area (Å²) >= 11 is 0. The maximum absolute atomic E-state index is 13.3. The van der Waals surface area contributed by atoms with Crippen LogP contribution in [-0.2, 0) is 19.6 Å². The molecule has 1 amide bonds. The topological polar surface area (TPSA) is 84.9 Å². The lowest BCUT2D eigenvalue weighted by Crippen LogP contribution is -2.49. The van der Waals surface area contributed by atoms with Crippen LogP contribution in [0.1, 0.15) is 19.3 Å². The molecule has 0 bridgehead atoms. The third kappa shape index (κ3) is 3.80. The fourth-order valence-electron chi connectivity index (χ4n) is 3.59. The molecule has 0 spiro atoms. The minimum atomic E-state index is -3.75. The van der Waals surface area contributed by atoms with E-state index in [1.165, 1.54) is 17.5 Å². The quantitative estimate of drug-likeness (QED) is 0.860. The van der Waals surface area contributed by atoms with Gasteiger partial charge in [0.1, 0.15) is 5.75 Å². The Hall–Kier alpha value is -1.64. The number of methoxy groups -OCH3 is 1. The molecular weight excluding hydrogens is 344 g/mol. The van der Waals surface area contributed by atoms with E-state index in [0.717, 1.165) is 6.42 Å². The number of nitrogens with one attached hydrogen (secondary N) is 1. The molecule has 2 atom stereocenters. The van der Waals surface area contributed by atoms with Crippen LogP contribution in [0.3, 0.4) is 0 Å². The molecule has 1 aromatic carbocycles. The normalized spacial score (nSPS) is 25.9. The Morgan fingerprint density at radius 2 is 2.12 bits per heavy atom. The van der Waals surface area contributed by atoms with Gasteiger partial charge in [-0.15, -0.1) is 0 Å². The van der Waals surface area contributed by atoms with Gasteiger partial charge in [0, 0.05) is 25.2 Å². The van der Waals surface area contributed by atoms with E-state index in [9.17, 15) is 13.2 Å². The number of nitrogens with zero attached hydrogens (tertiary/aromatic N) is 1. The van der Waals surface area contributed by atoms with Crippen molar-refractivity contribution >= 4 is 15.9 Å². The van der Waals surface area contributed by atoms with Crippen LogP contribution < -0.4 is 10.1 Å². The second-order valence-electron chi connectivity index (χ2n) is 6.30. The average Bonchev–Trinajstić information content (AvgIpc) is 3.10. The largest absolute Gasteiger partial charge is 0.497 e. The van der Waals surface area contributed by atoms with Crippen molar-refractivity contribution in [3.63, 3.8) is 0 Å². The van der Waals surface area contributed by atoms with E-state index in [2.05, 4.69) is 5.32 Å². The van der Waals surface area contributed by atoms with Crippen molar-refractivity contribution in [1.29, 1.82) is 0 Å². The van der Waals surface area contributed by atoms with Gasteiger partial charge < -0.3 is 14.8 Å². The zero-order valence-electron chi connectivity index (χ0n) is 14.3. The van der Waals surface area contributed by atoms with Gasteiger partial charge in [-0.25, -0.2) is 8.42 Å². The summed E-state index contributed by atoms with van der Waals surface area (Å²) in [5, 5.41) is 2.85. The van der Waals surface area contributed by atoms with Gasteiger partial charge in [0.05, 0.1) is 31.1 Å². The average molecular weight is 368 g/mol. The highest BCUT2D eigenvalue weighted by atomic mass is 32.2. The summed E-state index contributed by atoms with van der Waals surface area (Å²) in [5.41, 5.74) is 0. The van der Waals surface area contributed by atoms with Crippen molar-refractivity contribution in [1.82, 2.24) is 9.62 Å². The zero-order chi connectivity index (χ0) is 17.9. The molecule has 2 aliphatic rings. The van der Waals surface area contributed by atoms with E-state index in [0.29, 0.717) is 38.3 Å². The van der Waals surface area contributed by atoms with E-state index in [-0.39, 0.29) is 29.3 Å². The van der Waals surface area contributed by atoms with Crippen LogP contribution in [0.2, 0.25) is 0 Å². The number of sulfonamides is 1. The monoisotopic (exact) mass is 368 g/mol. The summed E-state index contributed by atoms with van der Waals surface area (Å²) in [6.07, 6.45) is 2.23. The number of amides is 1. The Bertz CT molecular complexity index is 722. The first kappa shape index (κ1) is 18.2. The van der Waals surface area contributed by atoms with Gasteiger partial charge in [0.25, 0.3) is 0 Å². The molecule has 2 fully saturated rings. The smallest absolute Gasteiger partial charge is 0.243 e. The highest BCUT2D eigenvalue weighted by molar-refractivity contribution is 7.89. The van der Waals surface area contributed by atoms with E-state index in [1.54, 1.807) is 18.2 Å². The van der Waals surface area contributed by atoms with Crippen LogP contribution in [0, 0.1) is 5.92 Å². The molecule has 2 unspecified atom stereocenters. The van der Waals surface area contributed by atoms with Crippen LogP contribution in [-0.4, -0.2) is 58.1 Å². The SMILES string of the molecule is COc1cccc(S(=O)(=O)N2CCOCCNC(=O)C3CCCC32)c1. The lowest BCUT2D eigenvalue weighted by Gasteiger charge is -2.32. The Morgan fingerprint density at radius 1 is 1.28 bits per heavy atom. The van der Waals surface area contributed by atoms with Gasteiger partial charge in [-0.3, -0.25) is 4.79 Å². The van der Waals surface area contributed by atoms with Crippen LogP contribution in [0.5, 0.6) is 5.75 Å². The zero-order valence-corrected chi connectivity index (χ0v) is 15.1. The fraction of sp³-hybridized carbons (Fsp3) is 0.588. The predicted octanol–water partition coefficient (Wildman–Crippen LogP) is 1.00. The van der Waals surface area contributed by atoms with E-state index in [1.807, 2.05) is 0 Å². The van der Waals surface area contributed by atoms with Crippen molar-refractivity contribution in [2.24, 2.45) is 5.92 Å². The molecule has 0 radical (unpaired) electrons. The molecule has 3 rings (SSSR count). The van der Waals surface area contributed by atoms with Gasteiger partial charge in [0.2, 0.25) is 15.9 Å². The molecular formula is C17H24N2O5S. The summed E-state index contributed by atoms with van der Waals surface area (Å²) in [5.74, 6) is 0.0939. The van der Waals surface area contributed by atoms with Gasteiger partial charge in [-0.1, -0.05) is 12.5 Å². The number of carbonyl (C=O) groups excluding carboxylic acids is 1. The predicted molar refractivity (Wildman–Crippen MR) is 91.8 cm³/mol. The van der Waals surface area contributed by atoms with Crippen LogP contribution in [0.25, 0.3) is 0 Å². The molecule has 1 aliphatic carbocycles. The highest BCUT2D eigenvalue weighted by Gasteiger charge is 2.42. The molecule has 1 heterocycles. The first-order valence-electron chi connectivity index (χ1n) is 8.55. The number of carbonyl (C=O) groups is 1. The molecule has 25 heavy (non-hydrogen) atoms. The minimum Gasteiger partial charge on any atom is -0.497 e. The molecule has 1 N–H and O–H groups in total. The summed E-state index contributed by atoms with van der Waals surface area (Å²) in [7, 11) is -2.25. The van der Waals surface area contributed by atoms with Gasteiger partial charge >= 0.3 is 0 Å². The van der Waals surface area contributed by atoms with Crippen molar-refractivity contribution in [2.45, 2.75) is 30.2 Å². The first-order chi connectivity index (χ1) is 12.0. The van der Waals surface area contributed by atoms with Crippen molar-refractivity contribution in [3.8, 4) is 5.75 Å². The molecule has 1 aliphatic heterocycles. The fourth-order valence-corrected chi connectivity index (χ4v) is 5.30. The summed E-state index contributed by atoms with van der Waals surface area (Å²) in [6.45, 7) is 1.40. The third-order valence-corrected chi connectivity index (χ3v) is 6.76. The van der Waals surface area contributed by atoms with E-state index >= 15 is 0 Å². The maximum Gasteiger partial charge on any atom is 0.243 e. The molecule has 1 aromatic rings. The standard InChI is InChI=1S/C17H24N2O5S/c1-23-13-4-2-5-14(12-13)25(21,22)19-9-11-24-10-8-18-17(20)15-6-3-7-16(15)19/h2,4-5,12,15-16H,3,6-11H2,1H3,(H,18,20). The third-order valence-electron chi connectivity index (χ3n) is 4.84. The van der Waals surface area contributed by atoms with Crippen LogP contribution >= 0.6 is 0 Å². The van der Waals surface area contributed by atoms with Crippen LogP contribution in [0.4, 0.5) is 0 Å². The van der Waals surface area contributed by atoms with Crippen molar-refractivity contribution in [2.75, 3.05) is 33.4 Å². The van der Waals surface area contributed by atoms with Gasteiger partial charge in [0.15, 0.2) is 0 Å². The molecule has 8 heteroatoms. The van der Waals surface area contributed by atoms with E-state index < -0.39 is 10.0 Å². The number of benzene rings is 1. The second kappa shape index (κ2) is 7.72. The number of ether oxygens (including phenoxy) is 2. The highest BCUT2D eigenvalue weighted by Crippen LogP contribution is 2.34. The molecule has 1 saturated heterocycles. The van der Waals surface area contributed by atoms with Crippen molar-refractivity contribution < 1.29 is 22.7 Å². The lowest BCUT2D eigenvalue weighted by molar-refractivity contribution is -0.126. The van der Waals surface area contributed by atoms with Gasteiger partial charge in [-0.2, -0.15) is 4.31 Å². The number of hydrogen-bond donors (Lipinski definition) is 1. The minimum absolute atomic E-state index is 0.0844.